The van der Waals surface area contributed by atoms with Gasteiger partial charge in [-0.25, -0.2) is 0 Å². The highest BCUT2D eigenvalue weighted by Gasteiger charge is 2.22. The summed E-state index contributed by atoms with van der Waals surface area (Å²) in [7, 11) is 1.56. The predicted octanol–water partition coefficient (Wildman–Crippen LogP) is 0.526. The highest BCUT2D eigenvalue weighted by molar-refractivity contribution is 5.80. The van der Waals surface area contributed by atoms with Crippen LogP contribution in [0.2, 0.25) is 0 Å². The first-order valence-electron chi connectivity index (χ1n) is 5.69. The third-order valence-electron chi connectivity index (χ3n) is 3.18. The number of nitrogens with one attached hydrogen (secondary N) is 2. The number of carbonyl (C=O) groups is 1. The van der Waals surface area contributed by atoms with Crippen molar-refractivity contribution in [2.45, 2.75) is 38.8 Å². The Hall–Kier alpha value is -0.610. The van der Waals surface area contributed by atoms with Crippen LogP contribution in [0, 0.1) is 5.92 Å². The molecule has 2 N–H and O–H groups in total. The topological polar surface area (TPSA) is 50.4 Å². The number of ether oxygens (including phenoxy) is 1. The van der Waals surface area contributed by atoms with E-state index in [0.29, 0.717) is 5.92 Å². The molecule has 0 aromatic heterocycles. The Balaban J connectivity index is 2.33. The standard InChI is InChI=1S/C11H22N2O2/c1-8(10-4-6-12-7-5-10)13-11(14)9(2)15-3/h8-10,12H,4-7H2,1-3H3,(H,13,14). The number of hydrogen-bond donors (Lipinski definition) is 2. The van der Waals surface area contributed by atoms with Crippen molar-refractivity contribution in [3.05, 3.63) is 0 Å². The minimum atomic E-state index is -0.353. The zero-order valence-corrected chi connectivity index (χ0v) is 9.88. The largest absolute Gasteiger partial charge is 0.372 e. The molecule has 0 aliphatic carbocycles. The lowest BCUT2D eigenvalue weighted by atomic mass is 9.91. The average molecular weight is 214 g/mol. The molecule has 0 bridgehead atoms. The first kappa shape index (κ1) is 12.5. The van der Waals surface area contributed by atoms with Gasteiger partial charge in [0.25, 0.3) is 0 Å². The normalized spacial score (nSPS) is 22.1. The Morgan fingerprint density at radius 3 is 2.53 bits per heavy atom. The van der Waals surface area contributed by atoms with E-state index in [4.69, 9.17) is 4.74 Å². The minimum absolute atomic E-state index is 0.0106. The van der Waals surface area contributed by atoms with Gasteiger partial charge in [0.15, 0.2) is 0 Å². The average Bonchev–Trinajstić information content (AvgIpc) is 2.29. The van der Waals surface area contributed by atoms with Crippen molar-refractivity contribution in [2.24, 2.45) is 5.92 Å². The molecule has 1 fully saturated rings. The molecule has 2 unspecified atom stereocenters. The van der Waals surface area contributed by atoms with Crippen molar-refractivity contribution in [1.29, 1.82) is 0 Å². The van der Waals surface area contributed by atoms with Gasteiger partial charge in [0.05, 0.1) is 0 Å². The molecule has 4 nitrogen and oxygen atoms in total. The van der Waals surface area contributed by atoms with Gasteiger partial charge in [-0.1, -0.05) is 0 Å². The molecular formula is C11H22N2O2. The Morgan fingerprint density at radius 1 is 1.40 bits per heavy atom. The van der Waals surface area contributed by atoms with Gasteiger partial charge < -0.3 is 15.4 Å². The fraction of sp³-hybridized carbons (Fsp3) is 0.909. The first-order chi connectivity index (χ1) is 7.15. The van der Waals surface area contributed by atoms with E-state index in [0.717, 1.165) is 25.9 Å². The summed E-state index contributed by atoms with van der Waals surface area (Å²) in [6.07, 6.45) is 1.93. The number of carbonyl (C=O) groups excluding carboxylic acids is 1. The third kappa shape index (κ3) is 3.80. The highest BCUT2D eigenvalue weighted by atomic mass is 16.5. The summed E-state index contributed by atoms with van der Waals surface area (Å²) < 4.78 is 4.98. The molecule has 15 heavy (non-hydrogen) atoms. The maximum atomic E-state index is 11.6. The number of rotatable bonds is 4. The number of methoxy groups -OCH3 is 1. The van der Waals surface area contributed by atoms with E-state index >= 15 is 0 Å². The molecule has 1 amide bonds. The lowest BCUT2D eigenvalue weighted by Crippen LogP contribution is -2.45. The van der Waals surface area contributed by atoms with Crippen LogP contribution in [-0.4, -0.2) is 38.3 Å². The fourth-order valence-electron chi connectivity index (χ4n) is 1.91. The molecule has 4 heteroatoms. The van der Waals surface area contributed by atoms with Gasteiger partial charge in [-0.3, -0.25) is 4.79 Å². The van der Waals surface area contributed by atoms with Gasteiger partial charge in [0.2, 0.25) is 5.91 Å². The second-order valence-electron chi connectivity index (χ2n) is 4.26. The second kappa shape index (κ2) is 6.08. The summed E-state index contributed by atoms with van der Waals surface area (Å²) in [5, 5.41) is 6.33. The summed E-state index contributed by atoms with van der Waals surface area (Å²) in [6.45, 7) is 5.97. The van der Waals surface area contributed by atoms with Crippen molar-refractivity contribution in [2.75, 3.05) is 20.2 Å². The SMILES string of the molecule is COC(C)C(=O)NC(C)C1CCNCC1. The number of piperidine rings is 1. The molecule has 88 valence electrons. The van der Waals surface area contributed by atoms with Gasteiger partial charge in [0, 0.05) is 13.2 Å². The van der Waals surface area contributed by atoms with Crippen LogP contribution < -0.4 is 10.6 Å². The van der Waals surface area contributed by atoms with Crippen LogP contribution in [0.5, 0.6) is 0 Å². The van der Waals surface area contributed by atoms with Crippen molar-refractivity contribution in [1.82, 2.24) is 10.6 Å². The molecular weight excluding hydrogens is 192 g/mol. The summed E-state index contributed by atoms with van der Waals surface area (Å²) in [5.74, 6) is 0.586. The molecule has 1 aliphatic rings. The summed E-state index contributed by atoms with van der Waals surface area (Å²) in [5.41, 5.74) is 0. The predicted molar refractivity (Wildman–Crippen MR) is 59.7 cm³/mol. The second-order valence-corrected chi connectivity index (χ2v) is 4.26. The number of amides is 1. The third-order valence-corrected chi connectivity index (χ3v) is 3.18. The molecule has 0 radical (unpaired) electrons. The minimum Gasteiger partial charge on any atom is -0.372 e. The van der Waals surface area contributed by atoms with E-state index in [9.17, 15) is 4.79 Å². The van der Waals surface area contributed by atoms with Gasteiger partial charge in [-0.15, -0.1) is 0 Å². The molecule has 0 aromatic carbocycles. The van der Waals surface area contributed by atoms with Crippen LogP contribution in [0.3, 0.4) is 0 Å². The van der Waals surface area contributed by atoms with Gasteiger partial charge in [-0.05, 0) is 45.7 Å². The van der Waals surface area contributed by atoms with Crippen LogP contribution in [0.15, 0.2) is 0 Å². The highest BCUT2D eigenvalue weighted by Crippen LogP contribution is 2.15. The summed E-state index contributed by atoms with van der Waals surface area (Å²) in [4.78, 5) is 11.6. The zero-order valence-electron chi connectivity index (χ0n) is 9.88. The number of hydrogen-bond acceptors (Lipinski definition) is 3. The van der Waals surface area contributed by atoms with Gasteiger partial charge in [-0.2, -0.15) is 0 Å². The Bertz CT molecular complexity index is 203. The molecule has 1 saturated heterocycles. The smallest absolute Gasteiger partial charge is 0.249 e. The first-order valence-corrected chi connectivity index (χ1v) is 5.69. The Labute approximate surface area is 91.8 Å². The fourth-order valence-corrected chi connectivity index (χ4v) is 1.91. The molecule has 1 heterocycles. The Morgan fingerprint density at radius 2 is 2.00 bits per heavy atom. The lowest BCUT2D eigenvalue weighted by Gasteiger charge is -2.29. The molecule has 0 aromatic rings. The lowest BCUT2D eigenvalue weighted by molar-refractivity contribution is -0.131. The van der Waals surface area contributed by atoms with E-state index in [1.165, 1.54) is 0 Å². The monoisotopic (exact) mass is 214 g/mol. The Kier molecular flexibility index (Phi) is 5.05. The van der Waals surface area contributed by atoms with Crippen LogP contribution in [0.4, 0.5) is 0 Å². The van der Waals surface area contributed by atoms with Crippen LogP contribution in [0.1, 0.15) is 26.7 Å². The molecule has 2 atom stereocenters. The zero-order chi connectivity index (χ0) is 11.3. The van der Waals surface area contributed by atoms with E-state index in [1.54, 1.807) is 14.0 Å². The van der Waals surface area contributed by atoms with Crippen LogP contribution in [-0.2, 0) is 9.53 Å². The van der Waals surface area contributed by atoms with Crippen LogP contribution >= 0.6 is 0 Å². The van der Waals surface area contributed by atoms with Crippen molar-refractivity contribution < 1.29 is 9.53 Å². The quantitative estimate of drug-likeness (QED) is 0.717. The molecule has 0 saturated carbocycles. The van der Waals surface area contributed by atoms with E-state index in [-0.39, 0.29) is 18.1 Å². The van der Waals surface area contributed by atoms with Gasteiger partial charge in [0.1, 0.15) is 6.10 Å². The summed E-state index contributed by atoms with van der Waals surface area (Å²) in [6, 6.07) is 0.247. The van der Waals surface area contributed by atoms with E-state index < -0.39 is 0 Å². The maximum Gasteiger partial charge on any atom is 0.249 e. The molecule has 0 spiro atoms. The maximum absolute atomic E-state index is 11.6. The van der Waals surface area contributed by atoms with Crippen molar-refractivity contribution >= 4 is 5.91 Å². The molecule has 1 rings (SSSR count). The van der Waals surface area contributed by atoms with Gasteiger partial charge >= 0.3 is 0 Å². The summed E-state index contributed by atoms with van der Waals surface area (Å²) >= 11 is 0. The van der Waals surface area contributed by atoms with E-state index in [1.807, 2.05) is 0 Å². The van der Waals surface area contributed by atoms with E-state index in [2.05, 4.69) is 17.6 Å². The van der Waals surface area contributed by atoms with Crippen LogP contribution in [0.25, 0.3) is 0 Å². The molecule has 1 aliphatic heterocycles. The van der Waals surface area contributed by atoms with Crippen molar-refractivity contribution in [3.8, 4) is 0 Å². The van der Waals surface area contributed by atoms with Crippen molar-refractivity contribution in [3.63, 3.8) is 0 Å².